The van der Waals surface area contributed by atoms with Crippen LogP contribution in [0.3, 0.4) is 0 Å². The van der Waals surface area contributed by atoms with Gasteiger partial charge in [-0.3, -0.25) is 4.79 Å². The first-order chi connectivity index (χ1) is 16.0. The van der Waals surface area contributed by atoms with E-state index in [1.807, 2.05) is 24.3 Å². The van der Waals surface area contributed by atoms with E-state index in [9.17, 15) is 4.79 Å². The van der Waals surface area contributed by atoms with Gasteiger partial charge in [-0.25, -0.2) is 5.01 Å². The number of fused-ring (bicyclic) bond motifs is 3. The number of carbonyl (C=O) groups is 1. The first-order valence-corrected chi connectivity index (χ1v) is 11.1. The summed E-state index contributed by atoms with van der Waals surface area (Å²) >= 11 is 12.3. The van der Waals surface area contributed by atoms with Crippen LogP contribution in [0.25, 0.3) is 0 Å². The van der Waals surface area contributed by atoms with Crippen LogP contribution in [0.4, 0.5) is 0 Å². The molecule has 0 amide bonds. The predicted octanol–water partition coefficient (Wildman–Crippen LogP) is 5.76. The summed E-state index contributed by atoms with van der Waals surface area (Å²) in [4.78, 5) is 13.4. The summed E-state index contributed by atoms with van der Waals surface area (Å²) in [6, 6.07) is 17.6. The third-order valence-corrected chi connectivity index (χ3v) is 6.31. The molecule has 0 N–H and O–H groups in total. The largest absolute Gasteiger partial charge is 0.493 e. The average Bonchev–Trinajstić information content (AvgIpc) is 3.29. The molecule has 0 saturated carbocycles. The minimum absolute atomic E-state index is 0.197. The van der Waals surface area contributed by atoms with Crippen molar-refractivity contribution in [2.45, 2.75) is 18.7 Å². The van der Waals surface area contributed by atoms with E-state index in [4.69, 9.17) is 42.5 Å². The van der Waals surface area contributed by atoms with Crippen molar-refractivity contribution < 1.29 is 19.0 Å². The lowest BCUT2D eigenvalue weighted by molar-refractivity contribution is -0.00455. The molecule has 2 heterocycles. The zero-order valence-corrected chi connectivity index (χ0v) is 19.4. The van der Waals surface area contributed by atoms with E-state index in [0.29, 0.717) is 39.3 Å². The van der Waals surface area contributed by atoms with E-state index < -0.39 is 6.23 Å². The van der Waals surface area contributed by atoms with Crippen LogP contribution in [0.2, 0.25) is 10.0 Å². The van der Waals surface area contributed by atoms with Crippen LogP contribution in [-0.4, -0.2) is 37.0 Å². The van der Waals surface area contributed by atoms with Gasteiger partial charge >= 0.3 is 0 Å². The molecule has 33 heavy (non-hydrogen) atoms. The van der Waals surface area contributed by atoms with Gasteiger partial charge in [-0.2, -0.15) is 5.10 Å². The molecule has 168 valence electrons. The van der Waals surface area contributed by atoms with Crippen molar-refractivity contribution in [2.75, 3.05) is 14.2 Å². The summed E-state index contributed by atoms with van der Waals surface area (Å²) in [6.45, 7) is 0. The summed E-state index contributed by atoms with van der Waals surface area (Å²) in [6.07, 6.45) is -0.334. The molecule has 3 aromatic rings. The molecule has 0 spiro atoms. The van der Waals surface area contributed by atoms with Crippen LogP contribution in [0.1, 0.15) is 33.9 Å². The van der Waals surface area contributed by atoms with Crippen molar-refractivity contribution in [1.82, 2.24) is 5.01 Å². The van der Waals surface area contributed by atoms with E-state index in [2.05, 4.69) is 0 Å². The van der Waals surface area contributed by atoms with Gasteiger partial charge in [0.2, 0.25) is 5.78 Å². The number of hydrogen-bond acceptors (Lipinski definition) is 6. The van der Waals surface area contributed by atoms with Crippen LogP contribution >= 0.6 is 23.2 Å². The van der Waals surface area contributed by atoms with Crippen LogP contribution in [-0.2, 0) is 0 Å². The molecule has 0 aliphatic carbocycles. The Balaban J connectivity index is 1.56. The molecule has 2 aliphatic heterocycles. The highest BCUT2D eigenvalue weighted by Gasteiger charge is 2.43. The van der Waals surface area contributed by atoms with Crippen LogP contribution in [0, 0.1) is 0 Å². The highest BCUT2D eigenvalue weighted by molar-refractivity contribution is 6.31. The van der Waals surface area contributed by atoms with Crippen molar-refractivity contribution in [1.29, 1.82) is 0 Å². The van der Waals surface area contributed by atoms with Gasteiger partial charge in [-0.15, -0.1) is 0 Å². The number of halogens is 2. The van der Waals surface area contributed by atoms with E-state index in [1.54, 1.807) is 55.6 Å². The monoisotopic (exact) mass is 482 g/mol. The lowest BCUT2D eigenvalue weighted by atomic mass is 9.95. The minimum atomic E-state index is -0.914. The topological polar surface area (TPSA) is 60.4 Å². The molecule has 8 heteroatoms. The molecule has 2 atom stereocenters. The molecule has 0 aromatic heterocycles. The maximum Gasteiger partial charge on any atom is 0.251 e. The number of hydrogen-bond donors (Lipinski definition) is 0. The Morgan fingerprint density at radius 1 is 0.970 bits per heavy atom. The summed E-state index contributed by atoms with van der Waals surface area (Å²) in [7, 11) is 3.18. The number of hydrazone groups is 1. The van der Waals surface area contributed by atoms with E-state index in [-0.39, 0.29) is 11.8 Å². The fraction of sp³-hybridized carbons (Fsp3) is 0.200. The summed E-state index contributed by atoms with van der Waals surface area (Å²) in [5.74, 6) is 1.66. The number of carbonyl (C=O) groups excluding carboxylic acids is 1. The van der Waals surface area contributed by atoms with Gasteiger partial charge in [0.1, 0.15) is 5.75 Å². The molecule has 0 radical (unpaired) electrons. The second kappa shape index (κ2) is 8.61. The second-order valence-corrected chi connectivity index (χ2v) is 8.61. The first kappa shape index (κ1) is 21.6. The molecule has 6 nitrogen and oxygen atoms in total. The molecule has 2 aliphatic rings. The Morgan fingerprint density at radius 3 is 2.42 bits per heavy atom. The Hall–Kier alpha value is -3.22. The molecule has 0 unspecified atom stereocenters. The number of nitrogens with zero attached hydrogens (tertiary/aromatic N) is 2. The molecule has 5 rings (SSSR count). The summed E-state index contributed by atoms with van der Waals surface area (Å²) in [5.41, 5.74) is 3.08. The zero-order chi connectivity index (χ0) is 23.1. The highest BCUT2D eigenvalue weighted by Crippen LogP contribution is 2.45. The fourth-order valence-electron chi connectivity index (χ4n) is 4.18. The predicted molar refractivity (Wildman–Crippen MR) is 127 cm³/mol. The van der Waals surface area contributed by atoms with Crippen molar-refractivity contribution in [3.8, 4) is 17.2 Å². The van der Waals surface area contributed by atoms with Crippen LogP contribution in [0.15, 0.2) is 65.8 Å². The highest BCUT2D eigenvalue weighted by atomic mass is 35.5. The van der Waals surface area contributed by atoms with Gasteiger partial charge in [0.05, 0.1) is 26.0 Å². The SMILES string of the molecule is COc1ccc(C2=NN3[C@H](C(=O)c4ccc(Cl)cc4)Oc4ccc(Cl)cc4[C@@H]3C2)cc1OC. The lowest BCUT2D eigenvalue weighted by Gasteiger charge is -2.37. The third kappa shape index (κ3) is 3.90. The Morgan fingerprint density at radius 2 is 1.70 bits per heavy atom. The van der Waals surface area contributed by atoms with E-state index in [1.165, 1.54) is 0 Å². The number of ether oxygens (including phenoxy) is 3. The lowest BCUT2D eigenvalue weighted by Crippen LogP contribution is -2.45. The molecular formula is C25H20Cl2N2O4. The molecule has 3 aromatic carbocycles. The Kier molecular flexibility index (Phi) is 5.64. The van der Waals surface area contributed by atoms with E-state index >= 15 is 0 Å². The second-order valence-electron chi connectivity index (χ2n) is 7.74. The quantitative estimate of drug-likeness (QED) is 0.432. The van der Waals surface area contributed by atoms with Gasteiger partial charge in [-0.1, -0.05) is 23.2 Å². The third-order valence-electron chi connectivity index (χ3n) is 5.82. The number of benzene rings is 3. The smallest absolute Gasteiger partial charge is 0.251 e. The van der Waals surface area contributed by atoms with Crippen molar-refractivity contribution in [3.63, 3.8) is 0 Å². The number of ketones is 1. The summed E-state index contributed by atoms with van der Waals surface area (Å²) < 4.78 is 16.9. The standard InChI is InChI=1S/C25H20Cl2N2O4/c1-31-22-9-5-15(11-23(22)32-2)19-13-20-18-12-17(27)8-10-21(18)33-25(29(20)28-19)24(30)14-3-6-16(26)7-4-14/h3-12,20,25H,13H2,1-2H3/t20-,25-/m0/s1. The molecule has 0 fully saturated rings. The van der Waals surface area contributed by atoms with Crippen molar-refractivity contribution >= 4 is 34.7 Å². The van der Waals surface area contributed by atoms with Gasteiger partial charge in [0.15, 0.2) is 11.5 Å². The van der Waals surface area contributed by atoms with Crippen molar-refractivity contribution in [3.05, 3.63) is 87.4 Å². The zero-order valence-electron chi connectivity index (χ0n) is 17.9. The van der Waals surface area contributed by atoms with Gasteiger partial charge in [-0.05, 0) is 60.7 Å². The number of methoxy groups -OCH3 is 2. The Bertz CT molecular complexity index is 1260. The minimum Gasteiger partial charge on any atom is -0.493 e. The normalized spacial score (nSPS) is 18.7. The summed E-state index contributed by atoms with van der Waals surface area (Å²) in [5, 5.41) is 7.70. The fourth-order valence-corrected chi connectivity index (χ4v) is 4.48. The van der Waals surface area contributed by atoms with Crippen LogP contribution in [0.5, 0.6) is 17.2 Å². The van der Waals surface area contributed by atoms with Crippen LogP contribution < -0.4 is 14.2 Å². The maximum absolute atomic E-state index is 13.4. The van der Waals surface area contributed by atoms with Crippen molar-refractivity contribution in [2.24, 2.45) is 5.10 Å². The first-order valence-electron chi connectivity index (χ1n) is 10.3. The van der Waals surface area contributed by atoms with E-state index in [0.717, 1.165) is 16.8 Å². The Labute approximate surface area is 201 Å². The molecule has 0 bridgehead atoms. The molecular weight excluding hydrogens is 463 g/mol. The number of rotatable bonds is 5. The maximum atomic E-state index is 13.4. The van der Waals surface area contributed by atoms with Gasteiger partial charge in [0.25, 0.3) is 6.23 Å². The molecule has 0 saturated heterocycles. The number of Topliss-reactive ketones (excluding diaryl/α,β-unsaturated/α-hetero) is 1. The van der Waals surface area contributed by atoms with Gasteiger partial charge in [0, 0.05) is 33.2 Å². The average molecular weight is 483 g/mol. The van der Waals surface area contributed by atoms with Gasteiger partial charge < -0.3 is 14.2 Å².